The van der Waals surface area contributed by atoms with Crippen LogP contribution in [-0.4, -0.2) is 76.4 Å². The molecule has 168 valence electrons. The Kier molecular flexibility index (Phi) is 8.08. The highest BCUT2D eigenvalue weighted by atomic mass is 16.5. The molecule has 0 aromatic heterocycles. The maximum absolute atomic E-state index is 5.42. The second kappa shape index (κ2) is 10.8. The predicted molar refractivity (Wildman–Crippen MR) is 124 cm³/mol. The topological polar surface area (TPSA) is 61.4 Å². The normalized spacial score (nSPS) is 23.9. The van der Waals surface area contributed by atoms with E-state index in [1.165, 1.54) is 25.8 Å². The Bertz CT molecular complexity index is 689. The van der Waals surface area contributed by atoms with Gasteiger partial charge in [0.25, 0.3) is 0 Å². The number of nitrogens with one attached hydrogen (secondary N) is 2. The minimum absolute atomic E-state index is 0.359. The minimum atomic E-state index is 0.359. The van der Waals surface area contributed by atoms with Crippen LogP contribution in [0.25, 0.3) is 0 Å². The third kappa shape index (κ3) is 5.72. The van der Waals surface area contributed by atoms with E-state index in [0.29, 0.717) is 18.1 Å². The number of methoxy groups -OCH3 is 2. The molecule has 2 fully saturated rings. The largest absolute Gasteiger partial charge is 0.497 e. The number of ether oxygens (including phenoxy) is 2. The molecular formula is C23H39N5O2. The molecule has 3 unspecified atom stereocenters. The van der Waals surface area contributed by atoms with Gasteiger partial charge in [-0.2, -0.15) is 0 Å². The molecule has 7 nitrogen and oxygen atoms in total. The van der Waals surface area contributed by atoms with Crippen molar-refractivity contribution in [1.29, 1.82) is 0 Å². The Morgan fingerprint density at radius 1 is 1.13 bits per heavy atom. The van der Waals surface area contributed by atoms with Gasteiger partial charge in [0, 0.05) is 68.7 Å². The Morgan fingerprint density at radius 3 is 2.50 bits per heavy atom. The molecule has 7 heteroatoms. The number of hydrogen-bond acceptors (Lipinski definition) is 5. The van der Waals surface area contributed by atoms with Crippen molar-refractivity contribution >= 4 is 11.6 Å². The van der Waals surface area contributed by atoms with Crippen LogP contribution >= 0.6 is 0 Å². The highest BCUT2D eigenvalue weighted by molar-refractivity contribution is 5.80. The molecule has 2 aliphatic rings. The molecule has 3 atom stereocenters. The fourth-order valence-electron chi connectivity index (χ4n) is 4.61. The lowest BCUT2D eigenvalue weighted by atomic mass is 10.0. The van der Waals surface area contributed by atoms with Gasteiger partial charge in [0.1, 0.15) is 11.5 Å². The van der Waals surface area contributed by atoms with E-state index >= 15 is 0 Å². The maximum atomic E-state index is 5.42. The lowest BCUT2D eigenvalue weighted by Crippen LogP contribution is -2.51. The second-order valence-electron chi connectivity index (χ2n) is 8.53. The number of likely N-dealkylation sites (tertiary alicyclic amines) is 1. The molecule has 3 rings (SSSR count). The van der Waals surface area contributed by atoms with E-state index in [9.17, 15) is 0 Å². The van der Waals surface area contributed by atoms with Gasteiger partial charge in [0.15, 0.2) is 5.96 Å². The number of rotatable bonds is 7. The molecule has 0 aliphatic carbocycles. The Balaban J connectivity index is 1.51. The van der Waals surface area contributed by atoms with Crippen LogP contribution in [-0.2, 0) is 0 Å². The first kappa shape index (κ1) is 22.5. The monoisotopic (exact) mass is 417 g/mol. The summed E-state index contributed by atoms with van der Waals surface area (Å²) in [6.07, 6.45) is 5.05. The molecular weight excluding hydrogens is 378 g/mol. The van der Waals surface area contributed by atoms with Gasteiger partial charge in [-0.15, -0.1) is 0 Å². The first-order valence-electron chi connectivity index (χ1n) is 11.2. The Morgan fingerprint density at radius 2 is 1.87 bits per heavy atom. The van der Waals surface area contributed by atoms with E-state index in [0.717, 1.165) is 49.2 Å². The van der Waals surface area contributed by atoms with Crippen molar-refractivity contribution < 1.29 is 9.47 Å². The summed E-state index contributed by atoms with van der Waals surface area (Å²) < 4.78 is 10.8. The first-order chi connectivity index (χ1) is 14.5. The zero-order valence-electron chi connectivity index (χ0n) is 19.3. The maximum Gasteiger partial charge on any atom is 0.191 e. The molecule has 2 heterocycles. The van der Waals surface area contributed by atoms with Crippen LogP contribution in [0.5, 0.6) is 11.5 Å². The molecule has 0 saturated carbocycles. The Hall–Kier alpha value is -2.15. The number of aliphatic imine (C=N–C) groups is 1. The van der Waals surface area contributed by atoms with Crippen molar-refractivity contribution in [2.45, 2.75) is 57.7 Å². The van der Waals surface area contributed by atoms with Gasteiger partial charge >= 0.3 is 0 Å². The van der Waals surface area contributed by atoms with Crippen molar-refractivity contribution in [3.63, 3.8) is 0 Å². The smallest absolute Gasteiger partial charge is 0.191 e. The van der Waals surface area contributed by atoms with Crippen LogP contribution < -0.4 is 25.0 Å². The van der Waals surface area contributed by atoms with Crippen LogP contribution in [0.1, 0.15) is 39.5 Å². The number of guanidine groups is 1. The standard InChI is InChI=1S/C23H39N5O2/c1-17-8-6-7-10-28(17)18(2)15-25-23(24-3)26-19-9-11-27(16-19)20-12-21(29-4)14-22(13-20)30-5/h12-14,17-19H,6-11,15-16H2,1-5H3,(H2,24,25,26). The number of benzene rings is 1. The van der Waals surface area contributed by atoms with Crippen molar-refractivity contribution in [1.82, 2.24) is 15.5 Å². The van der Waals surface area contributed by atoms with E-state index < -0.39 is 0 Å². The van der Waals surface area contributed by atoms with Crippen LogP contribution in [0.2, 0.25) is 0 Å². The quantitative estimate of drug-likeness (QED) is 0.525. The predicted octanol–water partition coefficient (Wildman–Crippen LogP) is 2.71. The molecule has 1 aromatic carbocycles. The van der Waals surface area contributed by atoms with Crippen LogP contribution in [0.4, 0.5) is 5.69 Å². The lowest BCUT2D eigenvalue weighted by molar-refractivity contribution is 0.115. The minimum Gasteiger partial charge on any atom is -0.497 e. The molecule has 0 spiro atoms. The summed E-state index contributed by atoms with van der Waals surface area (Å²) in [6, 6.07) is 7.58. The SMILES string of the molecule is CN=C(NCC(C)N1CCCCC1C)NC1CCN(c2cc(OC)cc(OC)c2)C1. The first-order valence-corrected chi connectivity index (χ1v) is 11.2. The van der Waals surface area contributed by atoms with Gasteiger partial charge < -0.3 is 25.0 Å². The van der Waals surface area contributed by atoms with E-state index in [1.807, 2.05) is 13.1 Å². The summed E-state index contributed by atoms with van der Waals surface area (Å²) in [5.74, 6) is 2.53. The molecule has 0 amide bonds. The molecule has 0 radical (unpaired) electrons. The fraction of sp³-hybridized carbons (Fsp3) is 0.696. The number of anilines is 1. The molecule has 2 N–H and O–H groups in total. The summed E-state index contributed by atoms with van der Waals surface area (Å²) in [7, 11) is 5.23. The Labute approximate surface area is 181 Å². The molecule has 1 aromatic rings. The van der Waals surface area contributed by atoms with Crippen molar-refractivity contribution in [2.24, 2.45) is 4.99 Å². The van der Waals surface area contributed by atoms with Crippen molar-refractivity contribution in [2.75, 3.05) is 52.3 Å². The lowest BCUT2D eigenvalue weighted by Gasteiger charge is -2.38. The van der Waals surface area contributed by atoms with Crippen molar-refractivity contribution in [3.05, 3.63) is 18.2 Å². The van der Waals surface area contributed by atoms with Gasteiger partial charge in [-0.25, -0.2) is 0 Å². The van der Waals surface area contributed by atoms with E-state index in [2.05, 4.69) is 51.4 Å². The highest BCUT2D eigenvalue weighted by Gasteiger charge is 2.26. The molecule has 2 saturated heterocycles. The van der Waals surface area contributed by atoms with Crippen molar-refractivity contribution in [3.8, 4) is 11.5 Å². The van der Waals surface area contributed by atoms with Gasteiger partial charge in [0.2, 0.25) is 0 Å². The van der Waals surface area contributed by atoms with E-state index in [4.69, 9.17) is 9.47 Å². The number of piperidine rings is 1. The van der Waals surface area contributed by atoms with E-state index in [-0.39, 0.29) is 0 Å². The molecule has 2 aliphatic heterocycles. The average Bonchev–Trinajstić information content (AvgIpc) is 3.24. The summed E-state index contributed by atoms with van der Waals surface area (Å²) >= 11 is 0. The zero-order chi connectivity index (χ0) is 21.5. The zero-order valence-corrected chi connectivity index (χ0v) is 19.3. The van der Waals surface area contributed by atoms with Crippen LogP contribution in [0.15, 0.2) is 23.2 Å². The third-order valence-electron chi connectivity index (χ3n) is 6.44. The summed E-state index contributed by atoms with van der Waals surface area (Å²) in [5, 5.41) is 7.15. The number of hydrogen-bond donors (Lipinski definition) is 2. The third-order valence-corrected chi connectivity index (χ3v) is 6.44. The summed E-state index contributed by atoms with van der Waals surface area (Å²) in [5.41, 5.74) is 1.13. The molecule has 30 heavy (non-hydrogen) atoms. The van der Waals surface area contributed by atoms with Gasteiger partial charge in [0.05, 0.1) is 14.2 Å². The number of nitrogens with zero attached hydrogens (tertiary/aromatic N) is 3. The second-order valence-corrected chi connectivity index (χ2v) is 8.53. The summed E-state index contributed by atoms with van der Waals surface area (Å²) in [6.45, 7) is 8.70. The summed E-state index contributed by atoms with van der Waals surface area (Å²) in [4.78, 5) is 9.45. The van der Waals surface area contributed by atoms with Crippen LogP contribution in [0.3, 0.4) is 0 Å². The molecule has 0 bridgehead atoms. The van der Waals surface area contributed by atoms with Gasteiger partial charge in [-0.1, -0.05) is 6.42 Å². The van der Waals surface area contributed by atoms with Gasteiger partial charge in [-0.05, 0) is 39.7 Å². The highest BCUT2D eigenvalue weighted by Crippen LogP contribution is 2.30. The van der Waals surface area contributed by atoms with Gasteiger partial charge in [-0.3, -0.25) is 9.89 Å². The fourth-order valence-corrected chi connectivity index (χ4v) is 4.61. The average molecular weight is 418 g/mol. The van der Waals surface area contributed by atoms with Crippen LogP contribution in [0, 0.1) is 0 Å². The van der Waals surface area contributed by atoms with E-state index in [1.54, 1.807) is 14.2 Å².